The summed E-state index contributed by atoms with van der Waals surface area (Å²) < 4.78 is 5.72. The van der Waals surface area contributed by atoms with Crippen molar-refractivity contribution < 1.29 is 4.42 Å². The molecule has 1 aromatic heterocycles. The predicted octanol–water partition coefficient (Wildman–Crippen LogP) is 1.66. The van der Waals surface area contributed by atoms with Crippen LogP contribution in [-0.4, -0.2) is 34.2 Å². The highest BCUT2D eigenvalue weighted by atomic mass is 16.4. The van der Waals surface area contributed by atoms with E-state index < -0.39 is 0 Å². The van der Waals surface area contributed by atoms with Gasteiger partial charge in [-0.25, -0.2) is 0 Å². The van der Waals surface area contributed by atoms with Crippen molar-refractivity contribution in [2.45, 2.75) is 25.4 Å². The van der Waals surface area contributed by atoms with E-state index in [1.165, 1.54) is 6.42 Å². The second-order valence-electron chi connectivity index (χ2n) is 4.87. The van der Waals surface area contributed by atoms with Crippen LogP contribution in [0.1, 0.15) is 18.7 Å². The molecule has 5 heteroatoms. The number of hydrogen-bond donors (Lipinski definition) is 1. The second kappa shape index (κ2) is 5.50. The summed E-state index contributed by atoms with van der Waals surface area (Å²) in [7, 11) is 0. The zero-order valence-corrected chi connectivity index (χ0v) is 10.8. The van der Waals surface area contributed by atoms with Crippen molar-refractivity contribution >= 4 is 0 Å². The fraction of sp³-hybridized carbons (Fsp3) is 0.429. The Morgan fingerprint density at radius 2 is 2.11 bits per heavy atom. The van der Waals surface area contributed by atoms with E-state index in [9.17, 15) is 0 Å². The van der Waals surface area contributed by atoms with Crippen molar-refractivity contribution in [1.82, 2.24) is 15.1 Å². The van der Waals surface area contributed by atoms with Gasteiger partial charge in [0.1, 0.15) is 0 Å². The molecule has 1 saturated heterocycles. The number of nitrogens with two attached hydrogens (primary N) is 1. The van der Waals surface area contributed by atoms with Crippen LogP contribution in [0.5, 0.6) is 0 Å². The van der Waals surface area contributed by atoms with E-state index in [4.69, 9.17) is 10.2 Å². The molecule has 2 heterocycles. The molecule has 1 fully saturated rings. The molecule has 0 radical (unpaired) electrons. The molecule has 1 aliphatic rings. The van der Waals surface area contributed by atoms with Crippen molar-refractivity contribution in [1.29, 1.82) is 0 Å². The molecule has 3 rings (SSSR count). The number of benzene rings is 1. The molecule has 1 atom stereocenters. The van der Waals surface area contributed by atoms with Crippen molar-refractivity contribution in [3.05, 3.63) is 36.2 Å². The molecule has 1 aromatic carbocycles. The molecule has 0 amide bonds. The Hall–Kier alpha value is -1.72. The lowest BCUT2D eigenvalue weighted by Crippen LogP contribution is -2.34. The van der Waals surface area contributed by atoms with Gasteiger partial charge >= 0.3 is 0 Å². The fourth-order valence-corrected chi connectivity index (χ4v) is 2.56. The van der Waals surface area contributed by atoms with E-state index in [1.807, 2.05) is 30.3 Å². The first-order chi connectivity index (χ1) is 9.36. The van der Waals surface area contributed by atoms with Gasteiger partial charge in [0.15, 0.2) is 0 Å². The molecule has 2 N–H and O–H groups in total. The normalized spacial score (nSPS) is 19.9. The third-order valence-electron chi connectivity index (χ3n) is 3.60. The maximum Gasteiger partial charge on any atom is 0.247 e. The first-order valence-corrected chi connectivity index (χ1v) is 6.69. The Balaban J connectivity index is 1.72. The number of nitrogens with zero attached hydrogens (tertiary/aromatic N) is 3. The minimum absolute atomic E-state index is 0.451. The highest BCUT2D eigenvalue weighted by Crippen LogP contribution is 2.21. The maximum atomic E-state index is 5.77. The van der Waals surface area contributed by atoms with Crippen LogP contribution in [0, 0.1) is 0 Å². The molecule has 0 bridgehead atoms. The van der Waals surface area contributed by atoms with Gasteiger partial charge in [-0.1, -0.05) is 18.2 Å². The van der Waals surface area contributed by atoms with Gasteiger partial charge in [0.25, 0.3) is 0 Å². The van der Waals surface area contributed by atoms with Crippen LogP contribution in [-0.2, 0) is 6.54 Å². The topological polar surface area (TPSA) is 68.2 Å². The standard InChI is InChI=1S/C14H18N4O/c15-9-12-7-4-8-18(12)10-13-16-17-14(19-13)11-5-2-1-3-6-11/h1-3,5-6,12H,4,7-10,15H2. The molecule has 0 aliphatic carbocycles. The van der Waals surface area contributed by atoms with E-state index in [0.717, 1.165) is 18.5 Å². The fourth-order valence-electron chi connectivity index (χ4n) is 2.56. The van der Waals surface area contributed by atoms with Gasteiger partial charge < -0.3 is 10.2 Å². The Kier molecular flexibility index (Phi) is 3.57. The lowest BCUT2D eigenvalue weighted by atomic mass is 10.2. The highest BCUT2D eigenvalue weighted by Gasteiger charge is 2.24. The summed E-state index contributed by atoms with van der Waals surface area (Å²) in [6, 6.07) is 10.3. The summed E-state index contributed by atoms with van der Waals surface area (Å²) >= 11 is 0. The smallest absolute Gasteiger partial charge is 0.247 e. The van der Waals surface area contributed by atoms with E-state index in [1.54, 1.807) is 0 Å². The third kappa shape index (κ3) is 2.67. The number of hydrogen-bond acceptors (Lipinski definition) is 5. The zero-order valence-electron chi connectivity index (χ0n) is 10.8. The molecule has 0 saturated carbocycles. The van der Waals surface area contributed by atoms with E-state index in [0.29, 0.717) is 30.9 Å². The van der Waals surface area contributed by atoms with Crippen molar-refractivity contribution in [2.75, 3.05) is 13.1 Å². The molecule has 5 nitrogen and oxygen atoms in total. The molecular weight excluding hydrogens is 240 g/mol. The van der Waals surface area contributed by atoms with Gasteiger partial charge in [-0.15, -0.1) is 10.2 Å². The largest absolute Gasteiger partial charge is 0.419 e. The van der Waals surface area contributed by atoms with Crippen molar-refractivity contribution in [3.8, 4) is 11.5 Å². The SMILES string of the molecule is NCC1CCCN1Cc1nnc(-c2ccccc2)o1. The Morgan fingerprint density at radius 1 is 1.26 bits per heavy atom. The van der Waals surface area contributed by atoms with E-state index >= 15 is 0 Å². The molecule has 19 heavy (non-hydrogen) atoms. The molecule has 1 aliphatic heterocycles. The molecule has 2 aromatic rings. The maximum absolute atomic E-state index is 5.77. The average Bonchev–Trinajstić information content (AvgIpc) is 3.09. The van der Waals surface area contributed by atoms with Gasteiger partial charge in [-0.3, -0.25) is 4.90 Å². The van der Waals surface area contributed by atoms with Gasteiger partial charge in [0.2, 0.25) is 11.8 Å². The van der Waals surface area contributed by atoms with Crippen molar-refractivity contribution in [2.24, 2.45) is 5.73 Å². The summed E-state index contributed by atoms with van der Waals surface area (Å²) in [6.07, 6.45) is 2.36. The lowest BCUT2D eigenvalue weighted by molar-refractivity contribution is 0.226. The Labute approximate surface area is 112 Å². The quantitative estimate of drug-likeness (QED) is 0.903. The number of rotatable bonds is 4. The van der Waals surface area contributed by atoms with Crippen LogP contribution in [0.15, 0.2) is 34.7 Å². The summed E-state index contributed by atoms with van der Waals surface area (Å²) in [5.74, 6) is 1.25. The van der Waals surface area contributed by atoms with E-state index in [-0.39, 0.29) is 0 Å². The minimum atomic E-state index is 0.451. The third-order valence-corrected chi connectivity index (χ3v) is 3.60. The lowest BCUT2D eigenvalue weighted by Gasteiger charge is -2.20. The number of aromatic nitrogens is 2. The highest BCUT2D eigenvalue weighted by molar-refractivity contribution is 5.51. The van der Waals surface area contributed by atoms with Gasteiger partial charge in [-0.05, 0) is 31.5 Å². The van der Waals surface area contributed by atoms with Crippen LogP contribution in [0.2, 0.25) is 0 Å². The van der Waals surface area contributed by atoms with E-state index in [2.05, 4.69) is 15.1 Å². The summed E-state index contributed by atoms with van der Waals surface area (Å²) in [5, 5.41) is 8.23. The van der Waals surface area contributed by atoms with Crippen LogP contribution in [0.25, 0.3) is 11.5 Å². The average molecular weight is 258 g/mol. The minimum Gasteiger partial charge on any atom is -0.419 e. The Bertz CT molecular complexity index is 525. The second-order valence-corrected chi connectivity index (χ2v) is 4.87. The number of likely N-dealkylation sites (tertiary alicyclic amines) is 1. The summed E-state index contributed by atoms with van der Waals surface area (Å²) in [5.41, 5.74) is 6.72. The van der Waals surface area contributed by atoms with Gasteiger partial charge in [-0.2, -0.15) is 0 Å². The van der Waals surface area contributed by atoms with Gasteiger partial charge in [0.05, 0.1) is 6.54 Å². The van der Waals surface area contributed by atoms with Crippen LogP contribution >= 0.6 is 0 Å². The first kappa shape index (κ1) is 12.3. The molecule has 0 spiro atoms. The zero-order chi connectivity index (χ0) is 13.1. The molecule has 1 unspecified atom stereocenters. The van der Waals surface area contributed by atoms with Crippen LogP contribution in [0.3, 0.4) is 0 Å². The summed E-state index contributed by atoms with van der Waals surface area (Å²) in [6.45, 7) is 2.45. The first-order valence-electron chi connectivity index (χ1n) is 6.69. The summed E-state index contributed by atoms with van der Waals surface area (Å²) in [4.78, 5) is 2.32. The van der Waals surface area contributed by atoms with Gasteiger partial charge in [0, 0.05) is 18.2 Å². The van der Waals surface area contributed by atoms with Crippen molar-refractivity contribution in [3.63, 3.8) is 0 Å². The molecule has 100 valence electrons. The van der Waals surface area contributed by atoms with Crippen LogP contribution in [0.4, 0.5) is 0 Å². The predicted molar refractivity (Wildman–Crippen MR) is 72.2 cm³/mol. The Morgan fingerprint density at radius 3 is 2.89 bits per heavy atom. The monoisotopic (exact) mass is 258 g/mol. The van der Waals surface area contributed by atoms with Crippen LogP contribution < -0.4 is 5.73 Å². The molecular formula is C14H18N4O.